The molecule has 0 fully saturated rings. The van der Waals surface area contributed by atoms with Gasteiger partial charge in [-0.05, 0) is 29.4 Å². The number of esters is 1. The van der Waals surface area contributed by atoms with Crippen molar-refractivity contribution in [3.05, 3.63) is 46.6 Å². The Bertz CT molecular complexity index is 810. The van der Waals surface area contributed by atoms with Gasteiger partial charge in [-0.3, -0.25) is 20.2 Å². The Kier molecular flexibility index (Phi) is 6.01. The standard InChI is InChI=1S/C16H18N4O5S/c1-3-10(2)16(17,14(22)25-11-7-5-4-6-8-11)13(21)19-15-18-9-12(26-15)20(23)24/h4-10H,3,17H2,1-2H3,(H,18,19,21). The molecule has 1 aromatic carbocycles. The summed E-state index contributed by atoms with van der Waals surface area (Å²) in [6, 6.07) is 8.25. The molecule has 1 heterocycles. The molecule has 0 saturated carbocycles. The third-order valence-electron chi connectivity index (χ3n) is 3.95. The number of amides is 1. The lowest BCUT2D eigenvalue weighted by Crippen LogP contribution is -2.63. The Morgan fingerprint density at radius 2 is 2.08 bits per heavy atom. The van der Waals surface area contributed by atoms with Crippen LogP contribution in [0.5, 0.6) is 5.75 Å². The molecule has 2 atom stereocenters. The normalized spacial score (nSPS) is 14.1. The highest BCUT2D eigenvalue weighted by molar-refractivity contribution is 7.18. The molecular formula is C16H18N4O5S. The van der Waals surface area contributed by atoms with Crippen molar-refractivity contribution >= 4 is 33.3 Å². The van der Waals surface area contributed by atoms with Crippen LogP contribution in [0.1, 0.15) is 20.3 Å². The summed E-state index contributed by atoms with van der Waals surface area (Å²) < 4.78 is 5.25. The fourth-order valence-corrected chi connectivity index (χ4v) is 2.76. The number of benzene rings is 1. The number of carbonyl (C=O) groups excluding carboxylic acids is 2. The van der Waals surface area contributed by atoms with Gasteiger partial charge < -0.3 is 10.5 Å². The fourth-order valence-electron chi connectivity index (χ4n) is 2.13. The van der Waals surface area contributed by atoms with E-state index in [-0.39, 0.29) is 15.9 Å². The van der Waals surface area contributed by atoms with Crippen molar-refractivity contribution in [2.45, 2.75) is 25.8 Å². The van der Waals surface area contributed by atoms with Crippen molar-refractivity contribution in [1.29, 1.82) is 0 Å². The molecule has 1 aromatic heterocycles. The molecule has 2 rings (SSSR count). The number of nitrogens with two attached hydrogens (primary N) is 1. The Morgan fingerprint density at radius 3 is 2.62 bits per heavy atom. The van der Waals surface area contributed by atoms with Crippen LogP contribution in [0.15, 0.2) is 36.5 Å². The van der Waals surface area contributed by atoms with E-state index >= 15 is 0 Å². The summed E-state index contributed by atoms with van der Waals surface area (Å²) in [7, 11) is 0. The number of anilines is 1. The molecule has 0 spiro atoms. The molecule has 1 amide bonds. The van der Waals surface area contributed by atoms with Gasteiger partial charge in [-0.15, -0.1) is 0 Å². The maximum atomic E-state index is 12.7. The third-order valence-corrected chi connectivity index (χ3v) is 4.82. The van der Waals surface area contributed by atoms with Crippen LogP contribution in [-0.2, 0) is 9.59 Å². The average molecular weight is 378 g/mol. The molecule has 2 unspecified atom stereocenters. The van der Waals surface area contributed by atoms with Crippen molar-refractivity contribution < 1.29 is 19.2 Å². The first-order chi connectivity index (χ1) is 12.3. The Labute approximate surface area is 153 Å². The van der Waals surface area contributed by atoms with Crippen molar-refractivity contribution in [2.24, 2.45) is 11.7 Å². The number of rotatable bonds is 7. The zero-order valence-electron chi connectivity index (χ0n) is 14.2. The zero-order valence-corrected chi connectivity index (χ0v) is 15.0. The number of para-hydroxylation sites is 1. The first-order valence-corrected chi connectivity index (χ1v) is 8.58. The van der Waals surface area contributed by atoms with Crippen LogP contribution in [0.3, 0.4) is 0 Å². The highest BCUT2D eigenvalue weighted by atomic mass is 32.1. The predicted octanol–water partition coefficient (Wildman–Crippen LogP) is 2.34. The highest BCUT2D eigenvalue weighted by Gasteiger charge is 2.48. The van der Waals surface area contributed by atoms with Gasteiger partial charge in [0, 0.05) is 0 Å². The lowest BCUT2D eigenvalue weighted by atomic mass is 9.83. The SMILES string of the molecule is CCC(C)C(N)(C(=O)Nc1ncc([N+](=O)[O-])s1)C(=O)Oc1ccccc1. The number of nitrogens with zero attached hydrogens (tertiary/aromatic N) is 2. The Hall–Kier alpha value is -2.85. The fraction of sp³-hybridized carbons (Fsp3) is 0.312. The molecule has 0 aliphatic heterocycles. The third kappa shape index (κ3) is 4.03. The number of hydrogen-bond acceptors (Lipinski definition) is 8. The molecule has 26 heavy (non-hydrogen) atoms. The largest absolute Gasteiger partial charge is 0.425 e. The second-order valence-electron chi connectivity index (χ2n) is 5.60. The Balaban J connectivity index is 2.24. The summed E-state index contributed by atoms with van der Waals surface area (Å²) in [5.74, 6) is -2.04. The van der Waals surface area contributed by atoms with E-state index in [0.717, 1.165) is 6.20 Å². The maximum absolute atomic E-state index is 12.7. The number of nitro groups is 1. The van der Waals surface area contributed by atoms with E-state index in [9.17, 15) is 19.7 Å². The van der Waals surface area contributed by atoms with Crippen molar-refractivity contribution in [3.8, 4) is 5.75 Å². The van der Waals surface area contributed by atoms with E-state index in [0.29, 0.717) is 17.8 Å². The molecule has 0 saturated heterocycles. The zero-order chi connectivity index (χ0) is 19.3. The van der Waals surface area contributed by atoms with Crippen LogP contribution in [0.4, 0.5) is 10.1 Å². The van der Waals surface area contributed by atoms with Crippen LogP contribution in [0, 0.1) is 16.0 Å². The second kappa shape index (κ2) is 8.02. The van der Waals surface area contributed by atoms with Gasteiger partial charge in [0.25, 0.3) is 5.91 Å². The summed E-state index contributed by atoms with van der Waals surface area (Å²) in [6.07, 6.45) is 1.45. The Morgan fingerprint density at radius 1 is 1.42 bits per heavy atom. The van der Waals surface area contributed by atoms with Gasteiger partial charge in [0.2, 0.25) is 0 Å². The molecule has 3 N–H and O–H groups in total. The van der Waals surface area contributed by atoms with Crippen LogP contribution in [-0.4, -0.2) is 27.3 Å². The van der Waals surface area contributed by atoms with Gasteiger partial charge in [0.1, 0.15) is 11.9 Å². The van der Waals surface area contributed by atoms with Crippen molar-refractivity contribution in [3.63, 3.8) is 0 Å². The first-order valence-electron chi connectivity index (χ1n) is 7.76. The van der Waals surface area contributed by atoms with Gasteiger partial charge in [-0.25, -0.2) is 9.78 Å². The predicted molar refractivity (Wildman–Crippen MR) is 95.8 cm³/mol. The molecule has 0 radical (unpaired) electrons. The monoisotopic (exact) mass is 378 g/mol. The van der Waals surface area contributed by atoms with Gasteiger partial charge >= 0.3 is 11.0 Å². The van der Waals surface area contributed by atoms with E-state index in [1.54, 1.807) is 44.2 Å². The van der Waals surface area contributed by atoms with Gasteiger partial charge in [-0.1, -0.05) is 38.5 Å². The number of nitrogens with one attached hydrogen (secondary N) is 1. The van der Waals surface area contributed by atoms with Crippen LogP contribution in [0.25, 0.3) is 0 Å². The minimum Gasteiger partial charge on any atom is -0.425 e. The lowest BCUT2D eigenvalue weighted by Gasteiger charge is -2.30. The highest BCUT2D eigenvalue weighted by Crippen LogP contribution is 2.28. The van der Waals surface area contributed by atoms with Gasteiger partial charge in [0.05, 0.1) is 4.92 Å². The van der Waals surface area contributed by atoms with Crippen molar-refractivity contribution in [1.82, 2.24) is 4.98 Å². The number of aromatic nitrogens is 1. The molecule has 138 valence electrons. The number of hydrogen-bond donors (Lipinski definition) is 2. The van der Waals surface area contributed by atoms with Crippen LogP contribution < -0.4 is 15.8 Å². The van der Waals surface area contributed by atoms with E-state index in [1.165, 1.54) is 0 Å². The smallest absolute Gasteiger partial charge is 0.345 e. The van der Waals surface area contributed by atoms with Gasteiger partial charge in [0.15, 0.2) is 10.7 Å². The summed E-state index contributed by atoms with van der Waals surface area (Å²) in [5.41, 5.74) is 4.18. The van der Waals surface area contributed by atoms with E-state index < -0.39 is 28.3 Å². The minimum atomic E-state index is -1.98. The topological polar surface area (TPSA) is 137 Å². The van der Waals surface area contributed by atoms with Gasteiger partial charge in [-0.2, -0.15) is 0 Å². The van der Waals surface area contributed by atoms with E-state index in [1.807, 2.05) is 0 Å². The van der Waals surface area contributed by atoms with Crippen LogP contribution in [0.2, 0.25) is 0 Å². The quantitative estimate of drug-likeness (QED) is 0.248. The molecule has 9 nitrogen and oxygen atoms in total. The molecule has 0 bridgehead atoms. The average Bonchev–Trinajstić information content (AvgIpc) is 3.09. The summed E-state index contributed by atoms with van der Waals surface area (Å²) in [5, 5.41) is 12.8. The lowest BCUT2D eigenvalue weighted by molar-refractivity contribution is -0.380. The summed E-state index contributed by atoms with van der Waals surface area (Å²) in [4.78, 5) is 39.2. The van der Waals surface area contributed by atoms with E-state index in [2.05, 4.69) is 10.3 Å². The minimum absolute atomic E-state index is 0.0210. The van der Waals surface area contributed by atoms with Crippen LogP contribution >= 0.6 is 11.3 Å². The number of thiazole rings is 1. The molecule has 0 aliphatic carbocycles. The molecular weight excluding hydrogens is 360 g/mol. The second-order valence-corrected chi connectivity index (χ2v) is 6.60. The summed E-state index contributed by atoms with van der Waals surface area (Å²) in [6.45, 7) is 3.43. The van der Waals surface area contributed by atoms with E-state index in [4.69, 9.17) is 10.5 Å². The molecule has 0 aliphatic rings. The maximum Gasteiger partial charge on any atom is 0.345 e. The molecule has 2 aromatic rings. The number of ether oxygens (including phenoxy) is 1. The number of carbonyl (C=O) groups is 2. The molecule has 10 heteroatoms. The van der Waals surface area contributed by atoms with Crippen molar-refractivity contribution in [2.75, 3.05) is 5.32 Å². The summed E-state index contributed by atoms with van der Waals surface area (Å²) >= 11 is 0.671. The first kappa shape index (κ1) is 19.5.